The van der Waals surface area contributed by atoms with Crippen LogP contribution in [0.3, 0.4) is 0 Å². The number of nitro benzene ring substituents is 1. The van der Waals surface area contributed by atoms with E-state index in [-0.39, 0.29) is 10.6 Å². The molecule has 0 aromatic heterocycles. The number of sulfonamides is 1. The van der Waals surface area contributed by atoms with Crippen molar-refractivity contribution in [2.75, 3.05) is 31.7 Å². The van der Waals surface area contributed by atoms with Gasteiger partial charge in [0, 0.05) is 18.8 Å². The van der Waals surface area contributed by atoms with Gasteiger partial charge in [-0.25, -0.2) is 8.42 Å². The highest BCUT2D eigenvalue weighted by Gasteiger charge is 2.32. The van der Waals surface area contributed by atoms with Crippen molar-refractivity contribution in [3.05, 3.63) is 28.3 Å². The number of hydrogen-bond donors (Lipinski definition) is 0. The van der Waals surface area contributed by atoms with Gasteiger partial charge in [-0.15, -0.1) is 0 Å². The third kappa shape index (κ3) is 3.47. The van der Waals surface area contributed by atoms with Crippen LogP contribution >= 0.6 is 11.8 Å². The van der Waals surface area contributed by atoms with Gasteiger partial charge in [-0.1, -0.05) is 0 Å². The van der Waals surface area contributed by atoms with E-state index in [9.17, 15) is 18.5 Å². The highest BCUT2D eigenvalue weighted by molar-refractivity contribution is 7.99. The molecule has 1 aliphatic rings. The standard InChI is InChI=1S/C12H16N2O5S2/c1-19-10-3-4-12(11(9-10)14(15)16)21(17,18)13-5-2-7-20-8-6-13/h3-4,9H,2,5-8H2,1H3. The lowest BCUT2D eigenvalue weighted by atomic mass is 10.3. The molecule has 0 unspecified atom stereocenters. The van der Waals surface area contributed by atoms with Gasteiger partial charge in [0.2, 0.25) is 10.0 Å². The van der Waals surface area contributed by atoms with Crippen LogP contribution in [-0.4, -0.2) is 49.4 Å². The lowest BCUT2D eigenvalue weighted by molar-refractivity contribution is -0.387. The Morgan fingerprint density at radius 1 is 1.33 bits per heavy atom. The molecule has 1 aromatic carbocycles. The number of methoxy groups -OCH3 is 1. The van der Waals surface area contributed by atoms with Crippen LogP contribution in [0.2, 0.25) is 0 Å². The van der Waals surface area contributed by atoms with Crippen LogP contribution in [0.15, 0.2) is 23.1 Å². The van der Waals surface area contributed by atoms with Crippen LogP contribution in [0.25, 0.3) is 0 Å². The second-order valence-corrected chi connectivity index (χ2v) is 7.59. The van der Waals surface area contributed by atoms with E-state index in [1.54, 1.807) is 11.8 Å². The molecule has 0 N–H and O–H groups in total. The maximum atomic E-state index is 12.6. The normalized spacial score (nSPS) is 17.2. The second-order valence-electron chi connectivity index (χ2n) is 4.46. The van der Waals surface area contributed by atoms with Gasteiger partial charge in [0.25, 0.3) is 5.69 Å². The minimum absolute atomic E-state index is 0.257. The molecular formula is C12H16N2O5S2. The SMILES string of the molecule is COc1ccc(S(=O)(=O)N2CCCSCC2)c([N+](=O)[O-])c1. The highest BCUT2D eigenvalue weighted by Crippen LogP contribution is 2.31. The first kappa shape index (κ1) is 16.1. The second kappa shape index (κ2) is 6.63. The van der Waals surface area contributed by atoms with E-state index in [0.717, 1.165) is 18.2 Å². The fourth-order valence-corrected chi connectivity index (χ4v) is 4.71. The number of benzene rings is 1. The third-order valence-corrected chi connectivity index (χ3v) is 6.16. The van der Waals surface area contributed by atoms with Gasteiger partial charge in [-0.3, -0.25) is 10.1 Å². The molecule has 0 spiro atoms. The first-order valence-electron chi connectivity index (χ1n) is 6.37. The van der Waals surface area contributed by atoms with Crippen LogP contribution in [0, 0.1) is 10.1 Å². The monoisotopic (exact) mass is 332 g/mol. The molecule has 1 heterocycles. The summed E-state index contributed by atoms with van der Waals surface area (Å²) in [7, 11) is -2.49. The zero-order valence-corrected chi connectivity index (χ0v) is 13.2. The molecule has 0 bridgehead atoms. The highest BCUT2D eigenvalue weighted by atomic mass is 32.2. The summed E-state index contributed by atoms with van der Waals surface area (Å²) in [5.74, 6) is 1.85. The summed E-state index contributed by atoms with van der Waals surface area (Å²) in [5, 5.41) is 11.2. The molecule has 7 nitrogen and oxygen atoms in total. The average molecular weight is 332 g/mol. The number of thioether (sulfide) groups is 1. The average Bonchev–Trinajstić information content (AvgIpc) is 2.76. The van der Waals surface area contributed by atoms with E-state index in [4.69, 9.17) is 4.74 Å². The van der Waals surface area contributed by atoms with E-state index in [1.165, 1.54) is 23.5 Å². The largest absolute Gasteiger partial charge is 0.497 e. The predicted octanol–water partition coefficient (Wildman–Crippen LogP) is 1.73. The van der Waals surface area contributed by atoms with Crippen LogP contribution in [0.4, 0.5) is 5.69 Å². The lowest BCUT2D eigenvalue weighted by Crippen LogP contribution is -2.33. The van der Waals surface area contributed by atoms with E-state index in [1.807, 2.05) is 0 Å². The molecule has 0 aliphatic carbocycles. The zero-order chi connectivity index (χ0) is 15.5. The quantitative estimate of drug-likeness (QED) is 0.616. The third-order valence-electron chi connectivity index (χ3n) is 3.16. The van der Waals surface area contributed by atoms with Crippen molar-refractivity contribution < 1.29 is 18.1 Å². The topological polar surface area (TPSA) is 89.8 Å². The maximum Gasteiger partial charge on any atom is 0.293 e. The van der Waals surface area contributed by atoms with E-state index >= 15 is 0 Å². The molecule has 0 radical (unpaired) electrons. The number of nitro groups is 1. The van der Waals surface area contributed by atoms with Crippen molar-refractivity contribution in [1.29, 1.82) is 0 Å². The van der Waals surface area contributed by atoms with Crippen molar-refractivity contribution in [1.82, 2.24) is 4.31 Å². The Morgan fingerprint density at radius 3 is 2.76 bits per heavy atom. The van der Waals surface area contributed by atoms with Crippen LogP contribution in [-0.2, 0) is 10.0 Å². The first-order valence-corrected chi connectivity index (χ1v) is 8.96. The Balaban J connectivity index is 2.45. The van der Waals surface area contributed by atoms with Gasteiger partial charge in [0.05, 0.1) is 18.1 Å². The Morgan fingerprint density at radius 2 is 2.10 bits per heavy atom. The molecule has 1 aliphatic heterocycles. The van der Waals surface area contributed by atoms with Gasteiger partial charge in [0.1, 0.15) is 5.75 Å². The molecule has 116 valence electrons. The molecule has 1 aromatic rings. The minimum atomic E-state index is -3.86. The Labute approximate surface area is 127 Å². The smallest absolute Gasteiger partial charge is 0.293 e. The molecule has 0 amide bonds. The van der Waals surface area contributed by atoms with E-state index in [0.29, 0.717) is 18.8 Å². The van der Waals surface area contributed by atoms with Crippen molar-refractivity contribution in [3.8, 4) is 5.75 Å². The van der Waals surface area contributed by atoms with Crippen LogP contribution in [0.1, 0.15) is 6.42 Å². The van der Waals surface area contributed by atoms with Crippen molar-refractivity contribution in [2.24, 2.45) is 0 Å². The molecule has 9 heteroatoms. The van der Waals surface area contributed by atoms with Crippen molar-refractivity contribution in [2.45, 2.75) is 11.3 Å². The molecule has 2 rings (SSSR count). The van der Waals surface area contributed by atoms with Crippen molar-refractivity contribution in [3.63, 3.8) is 0 Å². The summed E-state index contributed by atoms with van der Waals surface area (Å²) >= 11 is 1.69. The number of ether oxygens (including phenoxy) is 1. The van der Waals surface area contributed by atoms with Crippen LogP contribution < -0.4 is 4.74 Å². The van der Waals surface area contributed by atoms with Gasteiger partial charge < -0.3 is 4.74 Å². The first-order chi connectivity index (χ1) is 9.96. The summed E-state index contributed by atoms with van der Waals surface area (Å²) < 4.78 is 31.5. The molecule has 0 atom stereocenters. The molecule has 21 heavy (non-hydrogen) atoms. The molecule has 1 saturated heterocycles. The predicted molar refractivity (Wildman–Crippen MR) is 80.3 cm³/mol. The molecule has 1 fully saturated rings. The fraction of sp³-hybridized carbons (Fsp3) is 0.500. The number of rotatable bonds is 4. The Kier molecular flexibility index (Phi) is 5.07. The summed E-state index contributed by atoms with van der Waals surface area (Å²) in [6, 6.07) is 3.80. The van der Waals surface area contributed by atoms with Gasteiger partial charge in [0.15, 0.2) is 4.90 Å². The molecule has 0 saturated carbocycles. The van der Waals surface area contributed by atoms with E-state index in [2.05, 4.69) is 0 Å². The Bertz CT molecular complexity index is 625. The van der Waals surface area contributed by atoms with Crippen molar-refractivity contribution >= 4 is 27.5 Å². The van der Waals surface area contributed by atoms with Crippen LogP contribution in [0.5, 0.6) is 5.75 Å². The summed E-state index contributed by atoms with van der Waals surface area (Å²) in [6.45, 7) is 0.759. The summed E-state index contributed by atoms with van der Waals surface area (Å²) in [5.41, 5.74) is -0.453. The fourth-order valence-electron chi connectivity index (χ4n) is 2.09. The summed E-state index contributed by atoms with van der Waals surface area (Å²) in [6.07, 6.45) is 0.744. The minimum Gasteiger partial charge on any atom is -0.497 e. The van der Waals surface area contributed by atoms with Gasteiger partial charge in [-0.2, -0.15) is 16.1 Å². The summed E-state index contributed by atoms with van der Waals surface area (Å²) in [4.78, 5) is 10.2. The lowest BCUT2D eigenvalue weighted by Gasteiger charge is -2.19. The molecular weight excluding hydrogens is 316 g/mol. The maximum absolute atomic E-state index is 12.6. The van der Waals surface area contributed by atoms with Gasteiger partial charge in [-0.05, 0) is 24.3 Å². The van der Waals surface area contributed by atoms with Gasteiger partial charge >= 0.3 is 0 Å². The number of hydrogen-bond acceptors (Lipinski definition) is 6. The zero-order valence-electron chi connectivity index (χ0n) is 11.5. The Hall–Kier alpha value is -1.32. The van der Waals surface area contributed by atoms with E-state index < -0.39 is 20.6 Å². The number of nitrogens with zero attached hydrogens (tertiary/aromatic N) is 2.